The van der Waals surface area contributed by atoms with E-state index in [1.165, 1.54) is 25.7 Å². The third-order valence-corrected chi connectivity index (χ3v) is 13.1. The normalized spacial score (nSPS) is 29.1. The van der Waals surface area contributed by atoms with Gasteiger partial charge in [0.15, 0.2) is 0 Å². The Morgan fingerprint density at radius 1 is 0.326 bits per heavy atom. The lowest BCUT2D eigenvalue weighted by Crippen LogP contribution is -2.57. The molecule has 0 spiro atoms. The molecule has 0 bridgehead atoms. The summed E-state index contributed by atoms with van der Waals surface area (Å²) in [6.45, 7) is 0. The molecule has 4 atom stereocenters. The van der Waals surface area contributed by atoms with Crippen molar-refractivity contribution >= 4 is 23.6 Å². The molecule has 5 saturated carbocycles. The molecule has 8 nitrogen and oxygen atoms in total. The smallest absolute Gasteiger partial charge is 0.226 e. The molecule has 5 fully saturated rings. The number of hydrogen-bond acceptors (Lipinski definition) is 4. The zero-order valence-corrected chi connectivity index (χ0v) is 29.6. The van der Waals surface area contributed by atoms with Crippen LogP contribution < -0.4 is 0 Å². The van der Waals surface area contributed by atoms with Crippen LogP contribution in [0.15, 0.2) is 0 Å². The molecule has 0 aromatic rings. The molecule has 5 aliphatic carbocycles. The number of rotatable bonds is 8. The lowest BCUT2D eigenvalue weighted by Gasteiger charge is -2.46. The van der Waals surface area contributed by atoms with Gasteiger partial charge in [-0.05, 0) is 64.2 Å². The second kappa shape index (κ2) is 16.3. The molecule has 0 radical (unpaired) electrons. The standard InChI is InChI=1S/C38H64N4O4/c1-39(27-17-9-5-10-18-27)35(43)31-25-33(37(45)41(3)29-21-13-7-14-22-29)34(38(46)42(4)30-23-15-8-16-24-30)26-32(31)36(44)40(2)28-19-11-6-12-20-28/h27-34H,5-26H2,1-4H3. The molecule has 8 heteroatoms. The van der Waals surface area contributed by atoms with Crippen molar-refractivity contribution in [3.63, 3.8) is 0 Å². The van der Waals surface area contributed by atoms with E-state index in [4.69, 9.17) is 0 Å². The predicted molar refractivity (Wildman–Crippen MR) is 182 cm³/mol. The monoisotopic (exact) mass is 640 g/mol. The Bertz CT molecular complexity index is 879. The topological polar surface area (TPSA) is 81.2 Å². The summed E-state index contributed by atoms with van der Waals surface area (Å²) in [4.78, 5) is 65.9. The van der Waals surface area contributed by atoms with Gasteiger partial charge in [0.1, 0.15) is 0 Å². The van der Waals surface area contributed by atoms with Crippen molar-refractivity contribution < 1.29 is 19.2 Å². The summed E-state index contributed by atoms with van der Waals surface area (Å²) in [7, 11) is 7.68. The van der Waals surface area contributed by atoms with Crippen LogP contribution in [0.2, 0.25) is 0 Å². The molecule has 4 amide bonds. The highest BCUT2D eigenvalue weighted by Gasteiger charge is 2.52. The van der Waals surface area contributed by atoms with Gasteiger partial charge in [0.2, 0.25) is 23.6 Å². The summed E-state index contributed by atoms with van der Waals surface area (Å²) >= 11 is 0. The maximum atomic E-state index is 14.5. The van der Waals surface area contributed by atoms with Gasteiger partial charge in [0.25, 0.3) is 0 Å². The van der Waals surface area contributed by atoms with Gasteiger partial charge in [-0.1, -0.05) is 77.0 Å². The van der Waals surface area contributed by atoms with Crippen molar-refractivity contribution in [2.45, 2.75) is 165 Å². The molecule has 5 rings (SSSR count). The van der Waals surface area contributed by atoms with Gasteiger partial charge in [0.05, 0.1) is 23.7 Å². The molecule has 4 unspecified atom stereocenters. The second-order valence-electron chi connectivity index (χ2n) is 15.9. The van der Waals surface area contributed by atoms with Gasteiger partial charge in [-0.3, -0.25) is 19.2 Å². The molecule has 5 aliphatic rings. The number of hydrogen-bond donors (Lipinski definition) is 0. The van der Waals surface area contributed by atoms with E-state index in [1.807, 2.05) is 47.8 Å². The van der Waals surface area contributed by atoms with Crippen molar-refractivity contribution in [2.75, 3.05) is 28.2 Å². The lowest BCUT2D eigenvalue weighted by atomic mass is 9.65. The maximum absolute atomic E-state index is 14.5. The average molecular weight is 641 g/mol. The van der Waals surface area contributed by atoms with Crippen LogP contribution in [0.1, 0.15) is 141 Å². The molecule has 0 aliphatic heterocycles. The Hall–Kier alpha value is -2.12. The summed E-state index contributed by atoms with van der Waals surface area (Å²) in [5, 5.41) is 0. The fourth-order valence-electron chi connectivity index (χ4n) is 9.94. The minimum Gasteiger partial charge on any atom is -0.343 e. The zero-order valence-electron chi connectivity index (χ0n) is 29.6. The lowest BCUT2D eigenvalue weighted by molar-refractivity contribution is -0.161. The minimum absolute atomic E-state index is 0.00643. The first-order chi connectivity index (χ1) is 22.2. The molecule has 260 valence electrons. The fraction of sp³-hybridized carbons (Fsp3) is 0.895. The molecule has 0 saturated heterocycles. The van der Waals surface area contributed by atoms with E-state index in [0.717, 1.165) is 103 Å². The Balaban J connectivity index is 1.47. The van der Waals surface area contributed by atoms with Crippen LogP contribution in [-0.4, -0.2) is 95.6 Å². The summed E-state index contributed by atoms with van der Waals surface area (Å²) in [5.41, 5.74) is 0. The predicted octanol–water partition coefficient (Wildman–Crippen LogP) is 6.41. The fourth-order valence-corrected chi connectivity index (χ4v) is 9.94. The highest BCUT2D eigenvalue weighted by molar-refractivity contribution is 5.93. The minimum atomic E-state index is -0.580. The maximum Gasteiger partial charge on any atom is 0.226 e. The van der Waals surface area contributed by atoms with E-state index < -0.39 is 23.7 Å². The van der Waals surface area contributed by atoms with Crippen molar-refractivity contribution in [3.05, 3.63) is 0 Å². The van der Waals surface area contributed by atoms with E-state index in [2.05, 4.69) is 0 Å². The van der Waals surface area contributed by atoms with E-state index >= 15 is 0 Å². The van der Waals surface area contributed by atoms with Crippen molar-refractivity contribution in [1.29, 1.82) is 0 Å². The first-order valence-electron chi connectivity index (χ1n) is 19.3. The van der Waals surface area contributed by atoms with Gasteiger partial charge in [-0.2, -0.15) is 0 Å². The van der Waals surface area contributed by atoms with Crippen LogP contribution in [-0.2, 0) is 19.2 Å². The van der Waals surface area contributed by atoms with Gasteiger partial charge in [0, 0.05) is 52.4 Å². The van der Waals surface area contributed by atoms with Crippen molar-refractivity contribution in [1.82, 2.24) is 19.6 Å². The summed E-state index contributed by atoms with van der Waals surface area (Å²) in [6.07, 6.45) is 22.3. The average Bonchev–Trinajstić information content (AvgIpc) is 3.13. The molecular formula is C38H64N4O4. The highest BCUT2D eigenvalue weighted by atomic mass is 16.2. The van der Waals surface area contributed by atoms with Crippen LogP contribution in [0.3, 0.4) is 0 Å². The first kappa shape index (κ1) is 35.2. The number of carbonyl (C=O) groups is 4. The Kier molecular flexibility index (Phi) is 12.5. The van der Waals surface area contributed by atoms with Crippen LogP contribution in [0.4, 0.5) is 0 Å². The largest absolute Gasteiger partial charge is 0.343 e. The number of carbonyl (C=O) groups excluding carboxylic acids is 4. The van der Waals surface area contributed by atoms with Crippen LogP contribution in [0.5, 0.6) is 0 Å². The molecule has 0 N–H and O–H groups in total. The van der Waals surface area contributed by atoms with Crippen LogP contribution in [0.25, 0.3) is 0 Å². The quantitative estimate of drug-likeness (QED) is 0.307. The summed E-state index contributed by atoms with van der Waals surface area (Å²) < 4.78 is 0. The van der Waals surface area contributed by atoms with Crippen LogP contribution in [0, 0.1) is 23.7 Å². The Labute approximate surface area is 279 Å². The van der Waals surface area contributed by atoms with Crippen LogP contribution >= 0.6 is 0 Å². The van der Waals surface area contributed by atoms with Gasteiger partial charge in [-0.25, -0.2) is 0 Å². The Morgan fingerprint density at radius 2 is 0.500 bits per heavy atom. The van der Waals surface area contributed by atoms with Gasteiger partial charge in [-0.15, -0.1) is 0 Å². The number of amides is 4. The molecule has 46 heavy (non-hydrogen) atoms. The summed E-state index contributed by atoms with van der Waals surface area (Å²) in [6, 6.07) is 0.737. The molecule has 0 aromatic heterocycles. The highest BCUT2D eigenvalue weighted by Crippen LogP contribution is 2.44. The third kappa shape index (κ3) is 7.94. The van der Waals surface area contributed by atoms with Gasteiger partial charge >= 0.3 is 0 Å². The third-order valence-electron chi connectivity index (χ3n) is 13.1. The number of nitrogens with zero attached hydrogens (tertiary/aromatic N) is 4. The van der Waals surface area contributed by atoms with Crippen molar-refractivity contribution in [2.24, 2.45) is 23.7 Å². The van der Waals surface area contributed by atoms with Gasteiger partial charge < -0.3 is 19.6 Å². The van der Waals surface area contributed by atoms with E-state index in [0.29, 0.717) is 0 Å². The zero-order chi connectivity index (χ0) is 32.8. The van der Waals surface area contributed by atoms with E-state index in [1.54, 1.807) is 0 Å². The molecule has 0 aromatic carbocycles. The summed E-state index contributed by atoms with van der Waals surface area (Å²) in [5.74, 6) is -2.30. The molecule has 0 heterocycles. The van der Waals surface area contributed by atoms with E-state index in [9.17, 15) is 19.2 Å². The SMILES string of the molecule is CN(C(=O)C1CC(C(=O)N(C)C2CCCCC2)C(C(=O)N(C)C2CCCCC2)CC1C(=O)N(C)C1CCCCC1)C1CCCCC1. The Morgan fingerprint density at radius 3 is 0.674 bits per heavy atom. The van der Waals surface area contributed by atoms with E-state index in [-0.39, 0.29) is 60.6 Å². The first-order valence-corrected chi connectivity index (χ1v) is 19.3. The molecular weight excluding hydrogens is 576 g/mol. The van der Waals surface area contributed by atoms with Crippen molar-refractivity contribution in [3.8, 4) is 0 Å². The second-order valence-corrected chi connectivity index (χ2v) is 15.9.